The Bertz CT molecular complexity index is 1270. The molecule has 7 heteroatoms. The standard InChI is InChI=1S/C27H29N3O3S/c1-17-10-11-20(16-22(17)30(32)33)25(31)24(29-14-12-21(13-15-29)27(4,5)6)26(34)28-23-18(2)8-7-9-19(23)3/h7-16H,1-6H3,(H-,28,31,34)/p+1. The third kappa shape index (κ3) is 5.31. The number of aliphatic hydroxyl groups excluding tert-OH is 1. The molecule has 0 aliphatic heterocycles. The molecule has 0 aliphatic carbocycles. The van der Waals surface area contributed by atoms with Gasteiger partial charge in [-0.05, 0) is 42.9 Å². The van der Waals surface area contributed by atoms with Crippen LogP contribution >= 0.6 is 12.2 Å². The molecule has 0 saturated heterocycles. The Balaban J connectivity index is 2.18. The van der Waals surface area contributed by atoms with Crippen LogP contribution in [0.25, 0.3) is 11.5 Å². The number of rotatable bonds is 5. The maximum atomic E-state index is 11.5. The van der Waals surface area contributed by atoms with Gasteiger partial charge in [0.1, 0.15) is 0 Å². The van der Waals surface area contributed by atoms with Gasteiger partial charge in [-0.2, -0.15) is 4.57 Å². The zero-order chi connectivity index (χ0) is 25.2. The normalized spacial score (nSPS) is 12.2. The number of benzene rings is 2. The van der Waals surface area contributed by atoms with Crippen LogP contribution in [0.4, 0.5) is 11.4 Å². The Morgan fingerprint density at radius 2 is 1.59 bits per heavy atom. The summed E-state index contributed by atoms with van der Waals surface area (Å²) in [5, 5.41) is 26.1. The van der Waals surface area contributed by atoms with Gasteiger partial charge >= 0.3 is 0 Å². The average Bonchev–Trinajstić information content (AvgIpc) is 2.76. The lowest BCUT2D eigenvalue weighted by atomic mass is 9.88. The molecule has 1 aromatic heterocycles. The zero-order valence-corrected chi connectivity index (χ0v) is 21.2. The van der Waals surface area contributed by atoms with Crippen LogP contribution in [0.15, 0.2) is 60.9 Å². The highest BCUT2D eigenvalue weighted by molar-refractivity contribution is 7.81. The summed E-state index contributed by atoms with van der Waals surface area (Å²) >= 11 is 5.77. The van der Waals surface area contributed by atoms with Crippen molar-refractivity contribution in [2.24, 2.45) is 0 Å². The number of nitro groups is 1. The fraction of sp³-hybridized carbons (Fsp3) is 0.259. The summed E-state index contributed by atoms with van der Waals surface area (Å²) in [5.74, 6) is -0.152. The molecule has 0 unspecified atom stereocenters. The molecule has 0 spiro atoms. The number of aryl methyl sites for hydroxylation is 3. The molecule has 6 nitrogen and oxygen atoms in total. The number of para-hydroxylation sites is 1. The molecule has 0 fully saturated rings. The Kier molecular flexibility index (Phi) is 7.17. The first-order valence-electron chi connectivity index (χ1n) is 11.0. The van der Waals surface area contributed by atoms with E-state index in [4.69, 9.17) is 12.2 Å². The predicted octanol–water partition coefficient (Wildman–Crippen LogP) is 6.43. The average molecular weight is 477 g/mol. The highest BCUT2D eigenvalue weighted by Gasteiger charge is 2.27. The molecule has 34 heavy (non-hydrogen) atoms. The second-order valence-corrected chi connectivity index (χ2v) is 9.83. The molecule has 0 radical (unpaired) electrons. The van der Waals surface area contributed by atoms with Gasteiger partial charge in [0.25, 0.3) is 11.4 Å². The molecule has 2 aromatic carbocycles. The second-order valence-electron chi connectivity index (χ2n) is 9.42. The Labute approximate surface area is 205 Å². The van der Waals surface area contributed by atoms with Gasteiger partial charge in [0.05, 0.1) is 4.92 Å². The summed E-state index contributed by atoms with van der Waals surface area (Å²) in [4.78, 5) is 11.3. The van der Waals surface area contributed by atoms with Crippen molar-refractivity contribution in [2.45, 2.75) is 47.0 Å². The SMILES string of the molecule is Cc1ccc(/C(O)=C(/C(=S)Nc2c(C)cccc2C)[n+]2ccc(C(C)(C)C)cc2)cc1[N+](=O)[O-]. The van der Waals surface area contributed by atoms with Gasteiger partial charge in [0.2, 0.25) is 0 Å². The molecule has 176 valence electrons. The van der Waals surface area contributed by atoms with E-state index in [0.717, 1.165) is 22.4 Å². The summed E-state index contributed by atoms with van der Waals surface area (Å²) in [6, 6.07) is 14.5. The van der Waals surface area contributed by atoms with Gasteiger partial charge in [-0.25, -0.2) is 0 Å². The molecule has 0 bridgehead atoms. The first-order chi connectivity index (χ1) is 15.9. The summed E-state index contributed by atoms with van der Waals surface area (Å²) in [5.41, 5.74) is 5.06. The number of nitro benzene ring substituents is 1. The van der Waals surface area contributed by atoms with Crippen molar-refractivity contribution >= 4 is 40.0 Å². The fourth-order valence-electron chi connectivity index (χ4n) is 3.70. The van der Waals surface area contributed by atoms with E-state index >= 15 is 0 Å². The highest BCUT2D eigenvalue weighted by atomic mass is 32.1. The number of pyridine rings is 1. The van der Waals surface area contributed by atoms with E-state index in [1.165, 1.54) is 6.07 Å². The molecular weight excluding hydrogens is 446 g/mol. The molecule has 1 heterocycles. The molecule has 0 amide bonds. The number of aromatic nitrogens is 1. The lowest BCUT2D eigenvalue weighted by molar-refractivity contribution is -0.575. The maximum absolute atomic E-state index is 11.5. The third-order valence-corrected chi connectivity index (χ3v) is 6.09. The topological polar surface area (TPSA) is 79.3 Å². The van der Waals surface area contributed by atoms with Crippen molar-refractivity contribution in [1.29, 1.82) is 0 Å². The van der Waals surface area contributed by atoms with Crippen molar-refractivity contribution in [1.82, 2.24) is 0 Å². The van der Waals surface area contributed by atoms with E-state index in [0.29, 0.717) is 21.8 Å². The van der Waals surface area contributed by atoms with Gasteiger partial charge in [-0.1, -0.05) is 63.3 Å². The molecular formula is C27H30N3O3S+. The first kappa shape index (κ1) is 25.1. The van der Waals surface area contributed by atoms with Crippen LogP contribution in [-0.2, 0) is 5.41 Å². The number of thiocarbonyl (C=S) groups is 1. The van der Waals surface area contributed by atoms with Gasteiger partial charge in [-0.15, -0.1) is 0 Å². The molecule has 0 atom stereocenters. The zero-order valence-electron chi connectivity index (χ0n) is 20.3. The van der Waals surface area contributed by atoms with Crippen molar-refractivity contribution in [3.8, 4) is 0 Å². The van der Waals surface area contributed by atoms with Crippen LogP contribution in [0.2, 0.25) is 0 Å². The first-order valence-corrected chi connectivity index (χ1v) is 11.4. The third-order valence-electron chi connectivity index (χ3n) is 5.79. The highest BCUT2D eigenvalue weighted by Crippen LogP contribution is 2.27. The van der Waals surface area contributed by atoms with Gasteiger partial charge < -0.3 is 10.4 Å². The maximum Gasteiger partial charge on any atom is 0.288 e. The van der Waals surface area contributed by atoms with Crippen LogP contribution < -0.4 is 9.88 Å². The quantitative estimate of drug-likeness (QED) is 0.111. The van der Waals surface area contributed by atoms with Gasteiger partial charge in [0.15, 0.2) is 23.1 Å². The lowest BCUT2D eigenvalue weighted by Crippen LogP contribution is -2.39. The molecule has 2 N–H and O–H groups in total. The van der Waals surface area contributed by atoms with Crippen LogP contribution in [0, 0.1) is 30.9 Å². The van der Waals surface area contributed by atoms with Crippen molar-refractivity contribution in [3.63, 3.8) is 0 Å². The number of nitrogens with zero attached hydrogens (tertiary/aromatic N) is 2. The Morgan fingerprint density at radius 1 is 1.00 bits per heavy atom. The largest absolute Gasteiger partial charge is 0.502 e. The second kappa shape index (κ2) is 9.73. The monoisotopic (exact) mass is 476 g/mol. The van der Waals surface area contributed by atoms with E-state index in [-0.39, 0.29) is 16.9 Å². The molecule has 3 rings (SSSR count). The summed E-state index contributed by atoms with van der Waals surface area (Å²) < 4.78 is 1.74. The van der Waals surface area contributed by atoms with Gasteiger partial charge in [0, 0.05) is 35.0 Å². The molecule has 0 aliphatic rings. The van der Waals surface area contributed by atoms with E-state index < -0.39 is 4.92 Å². The Morgan fingerprint density at radius 3 is 2.12 bits per heavy atom. The number of anilines is 1. The summed E-state index contributed by atoms with van der Waals surface area (Å²) in [6.45, 7) is 12.0. The number of hydrogen-bond donors (Lipinski definition) is 2. The van der Waals surface area contributed by atoms with Gasteiger partial charge in [-0.3, -0.25) is 10.1 Å². The summed E-state index contributed by atoms with van der Waals surface area (Å²) in [7, 11) is 0. The van der Waals surface area contributed by atoms with Crippen LogP contribution in [0.5, 0.6) is 0 Å². The van der Waals surface area contributed by atoms with Crippen molar-refractivity contribution in [2.75, 3.05) is 5.32 Å². The van der Waals surface area contributed by atoms with Crippen molar-refractivity contribution < 1.29 is 14.6 Å². The van der Waals surface area contributed by atoms with E-state index in [9.17, 15) is 15.2 Å². The minimum atomic E-state index is -0.454. The number of nitrogens with one attached hydrogen (secondary N) is 1. The lowest BCUT2D eigenvalue weighted by Gasteiger charge is -2.18. The van der Waals surface area contributed by atoms with Crippen molar-refractivity contribution in [3.05, 3.63) is 98.9 Å². The number of hydrogen-bond acceptors (Lipinski definition) is 4. The minimum absolute atomic E-state index is 0.0421. The Hall–Kier alpha value is -3.58. The van der Waals surface area contributed by atoms with E-state index in [2.05, 4.69) is 26.1 Å². The van der Waals surface area contributed by atoms with Crippen LogP contribution in [0.3, 0.4) is 0 Å². The van der Waals surface area contributed by atoms with E-state index in [1.54, 1.807) is 23.6 Å². The fourth-order valence-corrected chi connectivity index (χ4v) is 4.00. The van der Waals surface area contributed by atoms with Crippen LogP contribution in [-0.4, -0.2) is 15.0 Å². The van der Waals surface area contributed by atoms with E-state index in [1.807, 2.05) is 56.6 Å². The predicted molar refractivity (Wildman–Crippen MR) is 141 cm³/mol. The minimum Gasteiger partial charge on any atom is -0.502 e. The number of aliphatic hydroxyl groups is 1. The summed E-state index contributed by atoms with van der Waals surface area (Å²) in [6.07, 6.45) is 3.68. The smallest absolute Gasteiger partial charge is 0.288 e. The molecule has 3 aromatic rings. The van der Waals surface area contributed by atoms with Crippen LogP contribution in [0.1, 0.15) is 48.6 Å². The molecule has 0 saturated carbocycles.